The highest BCUT2D eigenvalue weighted by atomic mass is 32.1. The maximum atomic E-state index is 13.3. The van der Waals surface area contributed by atoms with Crippen molar-refractivity contribution < 1.29 is 19.9 Å². The monoisotopic (exact) mass is 504 g/mol. The van der Waals surface area contributed by atoms with Gasteiger partial charge in [-0.05, 0) is 78.2 Å². The van der Waals surface area contributed by atoms with Gasteiger partial charge in [0, 0.05) is 17.2 Å². The summed E-state index contributed by atoms with van der Waals surface area (Å²) >= 11 is 1.60. The van der Waals surface area contributed by atoms with Gasteiger partial charge in [-0.3, -0.25) is 9.59 Å². The summed E-state index contributed by atoms with van der Waals surface area (Å²) < 4.78 is 0. The number of Topliss-reactive ketones (excluding diaryl/α,β-unsaturated/α-hetero) is 2. The fourth-order valence-electron chi connectivity index (χ4n) is 4.92. The van der Waals surface area contributed by atoms with Gasteiger partial charge < -0.3 is 10.3 Å². The topological polar surface area (TPSA) is 90.7 Å². The van der Waals surface area contributed by atoms with Crippen LogP contribution in [0, 0.1) is 30.6 Å². The Hall–Kier alpha value is -1.67. The van der Waals surface area contributed by atoms with Crippen LogP contribution in [0.25, 0.3) is 6.08 Å². The maximum absolute atomic E-state index is 13.3. The third kappa shape index (κ3) is 7.66. The van der Waals surface area contributed by atoms with E-state index in [4.69, 9.17) is 0 Å². The number of aliphatic hydroxyl groups is 1. The van der Waals surface area contributed by atoms with Crippen LogP contribution in [0.3, 0.4) is 0 Å². The zero-order chi connectivity index (χ0) is 26.5. The molecule has 0 saturated carbocycles. The molecule has 35 heavy (non-hydrogen) atoms. The first-order valence-electron chi connectivity index (χ1n) is 12.7. The van der Waals surface area contributed by atoms with Gasteiger partial charge in [0.2, 0.25) is 0 Å². The van der Waals surface area contributed by atoms with Crippen LogP contribution in [0.2, 0.25) is 0 Å². The van der Waals surface area contributed by atoms with Gasteiger partial charge in [-0.2, -0.15) is 5.06 Å². The molecule has 1 aliphatic rings. The number of carbonyl (C=O) groups is 2. The molecule has 5 atom stereocenters. The van der Waals surface area contributed by atoms with Crippen LogP contribution in [0.4, 0.5) is 0 Å². The van der Waals surface area contributed by atoms with Gasteiger partial charge >= 0.3 is 0 Å². The predicted molar refractivity (Wildman–Crippen MR) is 142 cm³/mol. The number of hydrogen-bond acceptors (Lipinski definition) is 7. The number of allylic oxidation sites excluding steroid dienone is 3. The second kappa shape index (κ2) is 12.5. The molecule has 0 spiro atoms. The molecule has 6 nitrogen and oxygen atoms in total. The Bertz CT molecular complexity index is 949. The lowest BCUT2D eigenvalue weighted by Crippen LogP contribution is -2.54. The molecule has 2 rings (SSSR count). The molecule has 0 fully saturated rings. The Morgan fingerprint density at radius 1 is 1.20 bits per heavy atom. The number of ketones is 2. The fourth-order valence-corrected chi connectivity index (χ4v) is 5.49. The summed E-state index contributed by atoms with van der Waals surface area (Å²) in [5.41, 5.74) is 1.94. The molecule has 7 heteroatoms. The van der Waals surface area contributed by atoms with Crippen molar-refractivity contribution in [2.75, 3.05) is 6.54 Å². The second-order valence-electron chi connectivity index (χ2n) is 11.0. The van der Waals surface area contributed by atoms with Crippen LogP contribution < -0.4 is 0 Å². The highest BCUT2D eigenvalue weighted by Crippen LogP contribution is 2.31. The van der Waals surface area contributed by atoms with Crippen molar-refractivity contribution in [1.29, 1.82) is 0 Å². The van der Waals surface area contributed by atoms with Crippen molar-refractivity contribution in [3.05, 3.63) is 33.3 Å². The average Bonchev–Trinajstić information content (AvgIpc) is 3.20. The number of carbonyl (C=O) groups excluding carboxylic acids is 2. The summed E-state index contributed by atoms with van der Waals surface area (Å²) in [5, 5.41) is 25.5. The first-order chi connectivity index (χ1) is 16.2. The van der Waals surface area contributed by atoms with Crippen molar-refractivity contribution in [2.45, 2.75) is 92.7 Å². The van der Waals surface area contributed by atoms with E-state index in [0.717, 1.165) is 40.6 Å². The molecule has 1 aromatic heterocycles. The van der Waals surface area contributed by atoms with Gasteiger partial charge in [-0.25, -0.2) is 4.98 Å². The summed E-state index contributed by atoms with van der Waals surface area (Å²) in [6.45, 7) is 14.7. The summed E-state index contributed by atoms with van der Waals surface area (Å²) in [7, 11) is 0. The lowest BCUT2D eigenvalue weighted by Gasteiger charge is -2.36. The standard InChI is InChI=1S/C28H44N2O4S/c1-17-10-9-11-18(2)26(32)21(5)27(33)28(7,8)30(34)15-25(31)20(4)24(13-12-17)19(3)14-23-16-35-22(6)29-23/h12,14,16,18,20-21,24,26,32,34H,9-11,13,15H2,1-8H3/b17-12-,19-14+. The van der Waals surface area contributed by atoms with E-state index in [2.05, 4.69) is 18.0 Å². The molecule has 0 radical (unpaired) electrons. The third-order valence-electron chi connectivity index (χ3n) is 7.72. The van der Waals surface area contributed by atoms with Crippen LogP contribution in [0.15, 0.2) is 22.6 Å². The van der Waals surface area contributed by atoms with E-state index < -0.39 is 17.6 Å². The number of aliphatic hydroxyl groups excluding tert-OH is 1. The maximum Gasteiger partial charge on any atom is 0.160 e. The van der Waals surface area contributed by atoms with Gasteiger partial charge in [0.15, 0.2) is 11.6 Å². The van der Waals surface area contributed by atoms with E-state index in [-0.39, 0.29) is 35.9 Å². The Morgan fingerprint density at radius 3 is 2.46 bits per heavy atom. The van der Waals surface area contributed by atoms with Crippen LogP contribution in [-0.4, -0.2) is 50.1 Å². The normalized spacial score (nSPS) is 32.3. The highest BCUT2D eigenvalue weighted by Gasteiger charge is 2.41. The number of hydroxylamine groups is 2. The molecular weight excluding hydrogens is 460 g/mol. The number of aryl methyl sites for hydroxylation is 1. The zero-order valence-electron chi connectivity index (χ0n) is 22.7. The summed E-state index contributed by atoms with van der Waals surface area (Å²) in [6, 6.07) is 0. The Kier molecular flexibility index (Phi) is 10.6. The number of hydrogen-bond donors (Lipinski definition) is 2. The quantitative estimate of drug-likeness (QED) is 0.490. The molecule has 1 aromatic rings. The Labute approximate surface area is 215 Å². The van der Waals surface area contributed by atoms with E-state index >= 15 is 0 Å². The Morgan fingerprint density at radius 2 is 1.86 bits per heavy atom. The van der Waals surface area contributed by atoms with E-state index in [1.807, 2.05) is 39.2 Å². The first-order valence-corrected chi connectivity index (χ1v) is 13.6. The van der Waals surface area contributed by atoms with Crippen molar-refractivity contribution in [2.24, 2.45) is 23.7 Å². The minimum atomic E-state index is -1.29. The summed E-state index contributed by atoms with van der Waals surface area (Å²) in [6.07, 6.45) is 6.84. The lowest BCUT2D eigenvalue weighted by atomic mass is 9.79. The van der Waals surface area contributed by atoms with Crippen molar-refractivity contribution >= 4 is 29.0 Å². The van der Waals surface area contributed by atoms with E-state index in [1.165, 1.54) is 5.57 Å². The lowest BCUT2D eigenvalue weighted by molar-refractivity contribution is -0.183. The van der Waals surface area contributed by atoms with Crippen molar-refractivity contribution in [3.63, 3.8) is 0 Å². The van der Waals surface area contributed by atoms with E-state index in [0.29, 0.717) is 6.42 Å². The van der Waals surface area contributed by atoms with Crippen LogP contribution in [0.1, 0.15) is 84.9 Å². The van der Waals surface area contributed by atoms with Crippen molar-refractivity contribution in [1.82, 2.24) is 10.0 Å². The molecule has 2 N–H and O–H groups in total. The first kappa shape index (κ1) is 29.6. The molecule has 5 unspecified atom stereocenters. The highest BCUT2D eigenvalue weighted by molar-refractivity contribution is 7.09. The Balaban J connectivity index is 2.41. The van der Waals surface area contributed by atoms with E-state index in [1.54, 1.807) is 32.1 Å². The van der Waals surface area contributed by atoms with Crippen LogP contribution >= 0.6 is 11.3 Å². The largest absolute Gasteiger partial charge is 0.392 e. The number of thiazole rings is 1. The second-order valence-corrected chi connectivity index (χ2v) is 12.0. The third-order valence-corrected chi connectivity index (χ3v) is 8.51. The summed E-state index contributed by atoms with van der Waals surface area (Å²) in [5.74, 6) is -1.48. The van der Waals surface area contributed by atoms with Gasteiger partial charge in [-0.1, -0.05) is 38.0 Å². The molecule has 0 aromatic carbocycles. The molecule has 2 heterocycles. The number of aromatic nitrogens is 1. The molecule has 1 aliphatic heterocycles. The molecule has 0 bridgehead atoms. The molecule has 196 valence electrons. The van der Waals surface area contributed by atoms with Crippen LogP contribution in [0.5, 0.6) is 0 Å². The number of rotatable bonds is 2. The molecule has 0 amide bonds. The minimum absolute atomic E-state index is 0.0424. The predicted octanol–water partition coefficient (Wildman–Crippen LogP) is 5.87. The van der Waals surface area contributed by atoms with Gasteiger partial charge in [0.05, 0.1) is 28.9 Å². The van der Waals surface area contributed by atoms with Crippen molar-refractivity contribution in [3.8, 4) is 0 Å². The van der Waals surface area contributed by atoms with Gasteiger partial charge in [-0.15, -0.1) is 11.3 Å². The molecule has 0 saturated heterocycles. The molecule has 0 aliphatic carbocycles. The van der Waals surface area contributed by atoms with Gasteiger partial charge in [0.25, 0.3) is 0 Å². The molecular formula is C28H44N2O4S. The fraction of sp³-hybridized carbons (Fsp3) is 0.679. The van der Waals surface area contributed by atoms with Crippen LogP contribution in [-0.2, 0) is 9.59 Å². The minimum Gasteiger partial charge on any atom is -0.392 e. The zero-order valence-corrected chi connectivity index (χ0v) is 23.5. The number of nitrogens with zero attached hydrogens (tertiary/aromatic N) is 2. The smallest absolute Gasteiger partial charge is 0.160 e. The van der Waals surface area contributed by atoms with E-state index in [9.17, 15) is 19.9 Å². The van der Waals surface area contributed by atoms with Gasteiger partial charge in [0.1, 0.15) is 0 Å². The summed E-state index contributed by atoms with van der Waals surface area (Å²) in [4.78, 5) is 31.1. The SMILES string of the molecule is C/C1=C/CC(/C(C)=C/c2csc(C)n2)C(C)C(=O)CN(O)C(C)(C)C(=O)C(C)C(O)C(C)CCC1. The average molecular weight is 505 g/mol.